The van der Waals surface area contributed by atoms with Crippen LogP contribution in [0.25, 0.3) is 43.9 Å². The van der Waals surface area contributed by atoms with E-state index in [4.69, 9.17) is 14.6 Å². The van der Waals surface area contributed by atoms with Gasteiger partial charge in [0.1, 0.15) is 12.4 Å². The van der Waals surface area contributed by atoms with E-state index in [0.717, 1.165) is 72.9 Å². The van der Waals surface area contributed by atoms with Gasteiger partial charge < -0.3 is 9.47 Å². The molecule has 36 heavy (non-hydrogen) atoms. The molecule has 0 atom stereocenters. The average Bonchev–Trinajstić information content (AvgIpc) is 3.66. The van der Waals surface area contributed by atoms with Crippen LogP contribution in [0.2, 0.25) is 0 Å². The van der Waals surface area contributed by atoms with Crippen LogP contribution in [0.4, 0.5) is 0 Å². The number of nitrogens with one attached hydrogen (secondary N) is 1. The summed E-state index contributed by atoms with van der Waals surface area (Å²) in [5.41, 5.74) is 8.17. The second-order valence-corrected chi connectivity index (χ2v) is 10.6. The third-order valence-corrected chi connectivity index (χ3v) is 8.39. The zero-order valence-corrected chi connectivity index (χ0v) is 21.0. The molecule has 5 aromatic rings. The first kappa shape index (κ1) is 21.8. The van der Waals surface area contributed by atoms with Crippen LogP contribution in [-0.2, 0) is 18.2 Å². The molecule has 2 aliphatic rings. The normalized spacial score (nSPS) is 15.4. The van der Waals surface area contributed by atoms with Crippen LogP contribution in [0.3, 0.4) is 0 Å². The Hall–Kier alpha value is -3.46. The smallest absolute Gasteiger partial charge is 0.120 e. The molecule has 1 aliphatic heterocycles. The van der Waals surface area contributed by atoms with Crippen LogP contribution in [0, 0.1) is 0 Å². The van der Waals surface area contributed by atoms with E-state index in [1.54, 1.807) is 0 Å². The number of morpholine rings is 1. The Kier molecular flexibility index (Phi) is 5.38. The summed E-state index contributed by atoms with van der Waals surface area (Å²) in [4.78, 5) is 5.04. The molecule has 8 heteroatoms. The molecule has 1 N–H and O–H groups in total. The van der Waals surface area contributed by atoms with Gasteiger partial charge in [0, 0.05) is 64.9 Å². The summed E-state index contributed by atoms with van der Waals surface area (Å²) in [6, 6.07) is 17.2. The van der Waals surface area contributed by atoms with Crippen molar-refractivity contribution in [1.29, 1.82) is 0 Å². The number of hydrogen-bond acceptors (Lipinski definition) is 6. The van der Waals surface area contributed by atoms with Gasteiger partial charge in [-0.2, -0.15) is 10.2 Å². The second kappa shape index (κ2) is 8.89. The fourth-order valence-electron chi connectivity index (χ4n) is 5.22. The topological polar surface area (TPSA) is 68.2 Å². The predicted octanol–water partition coefficient (Wildman–Crippen LogP) is 4.97. The Morgan fingerprint density at radius 1 is 1.08 bits per heavy atom. The zero-order valence-electron chi connectivity index (χ0n) is 20.2. The number of H-pyrrole nitrogens is 1. The van der Waals surface area contributed by atoms with Gasteiger partial charge in [-0.1, -0.05) is 24.3 Å². The first-order valence-electron chi connectivity index (χ1n) is 12.4. The van der Waals surface area contributed by atoms with E-state index < -0.39 is 0 Å². The number of fused-ring (bicyclic) bond motifs is 4. The molecule has 0 bridgehead atoms. The molecule has 0 amide bonds. The number of aromatic amines is 1. The number of hydrogen-bond donors (Lipinski definition) is 1. The third kappa shape index (κ3) is 3.82. The maximum atomic E-state index is 6.09. The van der Waals surface area contributed by atoms with Crippen LogP contribution in [-0.4, -0.2) is 64.3 Å². The standard InChI is InChI=1S/C28H27N5O2S/c1-32-24-14-19(5-6-20(24)17-29-32)27-23-16-26-22(28(23)31-30-27)15-25(36-26)18-3-2-4-21(13-18)35-12-9-33-7-10-34-11-8-33/h2-6,13-15,17H,7-12,16H2,1H3,(H,30,31). The number of benzene rings is 2. The number of nitrogens with zero attached hydrogens (tertiary/aromatic N) is 4. The summed E-state index contributed by atoms with van der Waals surface area (Å²) in [7, 11) is 1.98. The monoisotopic (exact) mass is 497 g/mol. The van der Waals surface area contributed by atoms with Crippen LogP contribution < -0.4 is 4.74 Å². The van der Waals surface area contributed by atoms with E-state index in [2.05, 4.69) is 57.6 Å². The van der Waals surface area contributed by atoms with Gasteiger partial charge in [-0.15, -0.1) is 11.3 Å². The Labute approximate surface area is 213 Å². The molecule has 1 aliphatic carbocycles. The van der Waals surface area contributed by atoms with Crippen molar-refractivity contribution in [2.24, 2.45) is 7.05 Å². The van der Waals surface area contributed by atoms with Crippen LogP contribution in [0.5, 0.6) is 5.75 Å². The van der Waals surface area contributed by atoms with Crippen LogP contribution in [0.15, 0.2) is 54.7 Å². The Bertz CT molecular complexity index is 1560. The first-order valence-corrected chi connectivity index (χ1v) is 13.2. The largest absolute Gasteiger partial charge is 0.492 e. The van der Waals surface area contributed by atoms with Gasteiger partial charge in [-0.05, 0) is 29.8 Å². The number of rotatable bonds is 6. The Morgan fingerprint density at radius 3 is 2.92 bits per heavy atom. The van der Waals surface area contributed by atoms with E-state index in [1.165, 1.54) is 26.4 Å². The zero-order chi connectivity index (χ0) is 24.1. The lowest BCUT2D eigenvalue weighted by Crippen LogP contribution is -2.38. The van der Waals surface area contributed by atoms with Crippen molar-refractivity contribution >= 4 is 22.2 Å². The van der Waals surface area contributed by atoms with Crippen molar-refractivity contribution < 1.29 is 9.47 Å². The van der Waals surface area contributed by atoms with Crippen molar-refractivity contribution in [2.45, 2.75) is 6.42 Å². The number of thiophene rings is 1. The molecule has 0 spiro atoms. The fourth-order valence-corrected chi connectivity index (χ4v) is 6.40. The molecular formula is C28H27N5O2S. The molecule has 7 nitrogen and oxygen atoms in total. The van der Waals surface area contributed by atoms with E-state index in [1.807, 2.05) is 35.3 Å². The maximum absolute atomic E-state index is 6.09. The minimum absolute atomic E-state index is 0.690. The number of aromatic nitrogens is 4. The highest BCUT2D eigenvalue weighted by Gasteiger charge is 2.28. The van der Waals surface area contributed by atoms with Gasteiger partial charge in [0.05, 0.1) is 36.3 Å². The molecule has 1 saturated heterocycles. The van der Waals surface area contributed by atoms with Gasteiger partial charge >= 0.3 is 0 Å². The molecule has 0 radical (unpaired) electrons. The van der Waals surface area contributed by atoms with Gasteiger partial charge in [0.15, 0.2) is 0 Å². The van der Waals surface area contributed by atoms with Crippen molar-refractivity contribution in [3.8, 4) is 38.7 Å². The average molecular weight is 498 g/mol. The fraction of sp³-hybridized carbons (Fsp3) is 0.286. The number of ether oxygens (including phenoxy) is 2. The molecular weight excluding hydrogens is 470 g/mol. The highest BCUT2D eigenvalue weighted by Crippen LogP contribution is 2.47. The van der Waals surface area contributed by atoms with E-state index >= 15 is 0 Å². The summed E-state index contributed by atoms with van der Waals surface area (Å²) in [6.45, 7) is 5.22. The number of aryl methyl sites for hydroxylation is 1. The Balaban J connectivity index is 1.11. The lowest BCUT2D eigenvalue weighted by molar-refractivity contribution is 0.0322. The predicted molar refractivity (Wildman–Crippen MR) is 143 cm³/mol. The van der Waals surface area contributed by atoms with Gasteiger partial charge in [-0.3, -0.25) is 14.7 Å². The molecule has 182 valence electrons. The molecule has 0 unspecified atom stereocenters. The van der Waals surface area contributed by atoms with Crippen LogP contribution in [0.1, 0.15) is 10.4 Å². The molecule has 7 rings (SSSR count). The summed E-state index contributed by atoms with van der Waals surface area (Å²) in [5, 5.41) is 13.6. The summed E-state index contributed by atoms with van der Waals surface area (Å²) in [5.74, 6) is 0.921. The van der Waals surface area contributed by atoms with E-state index in [-0.39, 0.29) is 0 Å². The lowest BCUT2D eigenvalue weighted by Gasteiger charge is -2.26. The summed E-state index contributed by atoms with van der Waals surface area (Å²) >= 11 is 1.86. The third-order valence-electron chi connectivity index (χ3n) is 7.20. The quantitative estimate of drug-likeness (QED) is 0.352. The van der Waals surface area contributed by atoms with Crippen molar-refractivity contribution in [2.75, 3.05) is 39.5 Å². The van der Waals surface area contributed by atoms with E-state index in [9.17, 15) is 0 Å². The van der Waals surface area contributed by atoms with Crippen molar-refractivity contribution in [3.63, 3.8) is 0 Å². The minimum atomic E-state index is 0.690. The second-order valence-electron chi connectivity index (χ2n) is 9.42. The lowest BCUT2D eigenvalue weighted by atomic mass is 10.0. The maximum Gasteiger partial charge on any atom is 0.120 e. The summed E-state index contributed by atoms with van der Waals surface area (Å²) < 4.78 is 13.4. The van der Waals surface area contributed by atoms with Gasteiger partial charge in [-0.25, -0.2) is 0 Å². The van der Waals surface area contributed by atoms with Crippen LogP contribution >= 0.6 is 11.3 Å². The highest BCUT2D eigenvalue weighted by atomic mass is 32.1. The van der Waals surface area contributed by atoms with E-state index in [0.29, 0.717) is 6.61 Å². The van der Waals surface area contributed by atoms with Crippen molar-refractivity contribution in [1.82, 2.24) is 24.9 Å². The highest BCUT2D eigenvalue weighted by molar-refractivity contribution is 7.16. The molecule has 1 fully saturated rings. The van der Waals surface area contributed by atoms with Crippen molar-refractivity contribution in [3.05, 3.63) is 65.2 Å². The first-order chi connectivity index (χ1) is 17.7. The Morgan fingerprint density at radius 2 is 2.00 bits per heavy atom. The molecule has 3 aromatic heterocycles. The summed E-state index contributed by atoms with van der Waals surface area (Å²) in [6.07, 6.45) is 2.80. The molecule has 4 heterocycles. The molecule has 2 aromatic carbocycles. The van der Waals surface area contributed by atoms with Gasteiger partial charge in [0.2, 0.25) is 0 Å². The minimum Gasteiger partial charge on any atom is -0.492 e. The molecule has 0 saturated carbocycles. The van der Waals surface area contributed by atoms with Gasteiger partial charge in [0.25, 0.3) is 0 Å². The SMILES string of the molecule is Cn1ncc2ccc(-c3n[nH]c4c3Cc3sc(-c5cccc(OCCN6CCOCC6)c5)cc3-4)cc21.